The molecule has 1 heterocycles. The van der Waals surface area contributed by atoms with Crippen molar-refractivity contribution in [2.75, 3.05) is 27.3 Å². The standard InChI is InChI=1S/C5H11NO2/c1-6(2)5-7-3-4-8-5/h5H,3-4H2,1-2H3. The number of ether oxygens (including phenoxy) is 2. The molecule has 1 aliphatic heterocycles. The summed E-state index contributed by atoms with van der Waals surface area (Å²) in [5.74, 6) is 0. The Kier molecular flexibility index (Phi) is 1.83. The Balaban J connectivity index is 2.24. The third kappa shape index (κ3) is 1.18. The summed E-state index contributed by atoms with van der Waals surface area (Å²) in [5, 5.41) is 0. The zero-order valence-electron chi connectivity index (χ0n) is 5.26. The van der Waals surface area contributed by atoms with E-state index in [9.17, 15) is 0 Å². The van der Waals surface area contributed by atoms with Crippen molar-refractivity contribution in [2.45, 2.75) is 6.41 Å². The lowest BCUT2D eigenvalue weighted by Gasteiger charge is -2.15. The van der Waals surface area contributed by atoms with Gasteiger partial charge in [0.25, 0.3) is 0 Å². The van der Waals surface area contributed by atoms with E-state index < -0.39 is 0 Å². The number of nitrogens with zero attached hydrogens (tertiary/aromatic N) is 1. The van der Waals surface area contributed by atoms with Crippen LogP contribution in [0.2, 0.25) is 0 Å². The van der Waals surface area contributed by atoms with E-state index in [1.165, 1.54) is 0 Å². The van der Waals surface area contributed by atoms with Crippen molar-refractivity contribution in [3.05, 3.63) is 0 Å². The minimum Gasteiger partial charge on any atom is -0.337 e. The van der Waals surface area contributed by atoms with Gasteiger partial charge in [-0.1, -0.05) is 0 Å². The van der Waals surface area contributed by atoms with Gasteiger partial charge in [0, 0.05) is 0 Å². The lowest BCUT2D eigenvalue weighted by molar-refractivity contribution is -0.132. The van der Waals surface area contributed by atoms with Crippen molar-refractivity contribution in [1.82, 2.24) is 4.90 Å². The molecule has 8 heavy (non-hydrogen) atoms. The average Bonchev–Trinajstić information content (AvgIpc) is 2.12. The van der Waals surface area contributed by atoms with Gasteiger partial charge in [0.05, 0.1) is 13.2 Å². The maximum Gasteiger partial charge on any atom is 0.218 e. The van der Waals surface area contributed by atoms with Crippen LogP contribution in [-0.2, 0) is 9.47 Å². The van der Waals surface area contributed by atoms with Crippen molar-refractivity contribution < 1.29 is 9.47 Å². The topological polar surface area (TPSA) is 21.7 Å². The minimum absolute atomic E-state index is 0.102. The normalized spacial score (nSPS) is 22.9. The SMILES string of the molecule is CN(C)C1OCCO1. The molecule has 0 aromatic heterocycles. The summed E-state index contributed by atoms with van der Waals surface area (Å²) in [5.41, 5.74) is 0. The Hall–Kier alpha value is -0.120. The van der Waals surface area contributed by atoms with Crippen molar-refractivity contribution in [2.24, 2.45) is 0 Å². The maximum absolute atomic E-state index is 5.12. The fraction of sp³-hybridized carbons (Fsp3) is 1.00. The van der Waals surface area contributed by atoms with Crippen molar-refractivity contribution in [3.8, 4) is 0 Å². The lowest BCUT2D eigenvalue weighted by atomic mass is 10.8. The molecule has 1 rings (SSSR count). The molecule has 0 radical (unpaired) electrons. The Morgan fingerprint density at radius 2 is 1.75 bits per heavy atom. The molecule has 3 heteroatoms. The van der Waals surface area contributed by atoms with E-state index in [-0.39, 0.29) is 6.41 Å². The third-order valence-electron chi connectivity index (χ3n) is 1.03. The van der Waals surface area contributed by atoms with Gasteiger partial charge in [0.1, 0.15) is 0 Å². The molecular weight excluding hydrogens is 106 g/mol. The minimum atomic E-state index is -0.102. The average molecular weight is 117 g/mol. The molecular formula is C5H11NO2. The maximum atomic E-state index is 5.12. The van der Waals surface area contributed by atoms with Gasteiger partial charge in [-0.2, -0.15) is 0 Å². The second-order valence-electron chi connectivity index (χ2n) is 2.01. The summed E-state index contributed by atoms with van der Waals surface area (Å²) in [6.07, 6.45) is -0.102. The van der Waals surface area contributed by atoms with Crippen LogP contribution in [0.3, 0.4) is 0 Å². The molecule has 0 aromatic rings. The van der Waals surface area contributed by atoms with E-state index in [1.807, 2.05) is 19.0 Å². The highest BCUT2D eigenvalue weighted by Gasteiger charge is 2.16. The van der Waals surface area contributed by atoms with Crippen molar-refractivity contribution in [1.29, 1.82) is 0 Å². The molecule has 0 saturated carbocycles. The van der Waals surface area contributed by atoms with Crippen LogP contribution in [-0.4, -0.2) is 38.6 Å². The Morgan fingerprint density at radius 1 is 1.25 bits per heavy atom. The Bertz CT molecular complexity index is 68.8. The van der Waals surface area contributed by atoms with E-state index in [0.717, 1.165) is 13.2 Å². The van der Waals surface area contributed by atoms with Gasteiger partial charge in [-0.3, -0.25) is 4.90 Å². The summed E-state index contributed by atoms with van der Waals surface area (Å²) in [6, 6.07) is 0. The molecule has 0 bridgehead atoms. The largest absolute Gasteiger partial charge is 0.337 e. The predicted octanol–water partition coefficient (Wildman–Crippen LogP) is -0.122. The van der Waals surface area contributed by atoms with Gasteiger partial charge in [0.15, 0.2) is 0 Å². The first-order chi connectivity index (χ1) is 3.80. The second kappa shape index (κ2) is 2.44. The van der Waals surface area contributed by atoms with Crippen LogP contribution >= 0.6 is 0 Å². The second-order valence-corrected chi connectivity index (χ2v) is 2.01. The predicted molar refractivity (Wildman–Crippen MR) is 29.4 cm³/mol. The molecule has 0 atom stereocenters. The quantitative estimate of drug-likeness (QED) is 0.478. The molecule has 0 aliphatic carbocycles. The first kappa shape index (κ1) is 6.01. The van der Waals surface area contributed by atoms with Crippen LogP contribution in [0.1, 0.15) is 0 Å². The van der Waals surface area contributed by atoms with Crippen LogP contribution in [0.15, 0.2) is 0 Å². The van der Waals surface area contributed by atoms with Crippen molar-refractivity contribution >= 4 is 0 Å². The van der Waals surface area contributed by atoms with Gasteiger partial charge in [-0.05, 0) is 14.1 Å². The number of rotatable bonds is 1. The zero-order valence-corrected chi connectivity index (χ0v) is 5.26. The van der Waals surface area contributed by atoms with Gasteiger partial charge >= 0.3 is 0 Å². The van der Waals surface area contributed by atoms with Crippen molar-refractivity contribution in [3.63, 3.8) is 0 Å². The first-order valence-corrected chi connectivity index (χ1v) is 2.70. The van der Waals surface area contributed by atoms with Gasteiger partial charge < -0.3 is 9.47 Å². The molecule has 1 aliphatic rings. The van der Waals surface area contributed by atoms with E-state index in [0.29, 0.717) is 0 Å². The molecule has 0 amide bonds. The highest BCUT2D eigenvalue weighted by atomic mass is 16.7. The molecule has 0 unspecified atom stereocenters. The summed E-state index contributed by atoms with van der Waals surface area (Å²) >= 11 is 0. The molecule has 1 saturated heterocycles. The van der Waals surface area contributed by atoms with E-state index in [4.69, 9.17) is 9.47 Å². The fourth-order valence-corrected chi connectivity index (χ4v) is 0.644. The molecule has 0 N–H and O–H groups in total. The Labute approximate surface area is 49.2 Å². The molecule has 3 nitrogen and oxygen atoms in total. The van der Waals surface area contributed by atoms with Crippen LogP contribution in [0, 0.1) is 0 Å². The smallest absolute Gasteiger partial charge is 0.218 e. The van der Waals surface area contributed by atoms with E-state index in [2.05, 4.69) is 0 Å². The highest BCUT2D eigenvalue weighted by Crippen LogP contribution is 2.04. The van der Waals surface area contributed by atoms with Crippen LogP contribution < -0.4 is 0 Å². The van der Waals surface area contributed by atoms with E-state index >= 15 is 0 Å². The molecule has 0 spiro atoms. The third-order valence-corrected chi connectivity index (χ3v) is 1.03. The molecule has 0 aromatic carbocycles. The summed E-state index contributed by atoms with van der Waals surface area (Å²) in [4.78, 5) is 1.90. The number of hydrogen-bond donors (Lipinski definition) is 0. The molecule has 1 fully saturated rings. The Morgan fingerprint density at radius 3 is 2.00 bits per heavy atom. The summed E-state index contributed by atoms with van der Waals surface area (Å²) in [6.45, 7) is 1.45. The molecule has 48 valence electrons. The fourth-order valence-electron chi connectivity index (χ4n) is 0.644. The van der Waals surface area contributed by atoms with Gasteiger partial charge in [-0.15, -0.1) is 0 Å². The zero-order chi connectivity index (χ0) is 5.98. The summed E-state index contributed by atoms with van der Waals surface area (Å²) < 4.78 is 10.2. The van der Waals surface area contributed by atoms with Crippen LogP contribution in [0.25, 0.3) is 0 Å². The van der Waals surface area contributed by atoms with Gasteiger partial charge in [-0.25, -0.2) is 0 Å². The monoisotopic (exact) mass is 117 g/mol. The highest BCUT2D eigenvalue weighted by molar-refractivity contribution is 4.46. The summed E-state index contributed by atoms with van der Waals surface area (Å²) in [7, 11) is 3.85. The van der Waals surface area contributed by atoms with E-state index in [1.54, 1.807) is 0 Å². The number of hydrogen-bond acceptors (Lipinski definition) is 3. The van der Waals surface area contributed by atoms with Gasteiger partial charge in [0.2, 0.25) is 6.41 Å². The first-order valence-electron chi connectivity index (χ1n) is 2.70. The lowest BCUT2D eigenvalue weighted by Crippen LogP contribution is -2.27. The van der Waals surface area contributed by atoms with Crippen LogP contribution in [0.4, 0.5) is 0 Å². The van der Waals surface area contributed by atoms with Crippen LogP contribution in [0.5, 0.6) is 0 Å².